The molecule has 7 aromatic heterocycles. The van der Waals surface area contributed by atoms with Gasteiger partial charge >= 0.3 is 36.6 Å². The molecule has 0 spiro atoms. The predicted octanol–water partition coefficient (Wildman–Crippen LogP) is 14.0. The number of aldehydes is 1. The smallest absolute Gasteiger partial charge is 0.410 e. The van der Waals surface area contributed by atoms with Gasteiger partial charge in [-0.2, -0.15) is 9.61 Å². The van der Waals surface area contributed by atoms with Crippen molar-refractivity contribution >= 4 is 82.7 Å². The molecular formula is C95H136N16O16S2. The second-order valence-electron chi connectivity index (χ2n) is 39.5. The Morgan fingerprint density at radius 3 is 1.21 bits per heavy atom. The maximum absolute atomic E-state index is 12.7. The maximum Gasteiger partial charge on any atom is 0.410 e. The topological polar surface area (TPSA) is 354 Å². The number of anilines is 1. The van der Waals surface area contributed by atoms with Crippen LogP contribution in [0.1, 0.15) is 177 Å². The van der Waals surface area contributed by atoms with E-state index in [1.54, 1.807) is 49.2 Å². The molecule has 0 aromatic carbocycles. The number of nitrogens with one attached hydrogen (secondary N) is 1. The van der Waals surface area contributed by atoms with Gasteiger partial charge in [-0.25, -0.2) is 33.8 Å². The Labute approximate surface area is 770 Å². The van der Waals surface area contributed by atoms with Crippen LogP contribution in [0.25, 0.3) is 5.65 Å². The molecular weight excluding hydrogens is 1690 g/mol. The highest BCUT2D eigenvalue weighted by atomic mass is 32.2. The molecule has 8 aliphatic rings. The largest absolute Gasteiger partial charge is 0.468 e. The highest BCUT2D eigenvalue weighted by molar-refractivity contribution is 8.22. The van der Waals surface area contributed by atoms with Gasteiger partial charge in [0.15, 0.2) is 5.65 Å². The van der Waals surface area contributed by atoms with E-state index in [1.165, 1.54) is 27.9 Å². The number of carbonyl (C=O) groups excluding carboxylic acids is 7. The Morgan fingerprint density at radius 2 is 0.829 bits per heavy atom. The SMILES string of the molecule is CC(C)(C)OC(=O)N1CC(C(O)c2ccccn2)C1.CC(C)(C)OC(=O)N1CC(C=O)C1.CC(C)(C)OC(=O)N1CC(CO)C1.CC(C)(C)OC(=O)N1CC(Cc2ccccn2)C1.CC(C)(C)OC(=O)N1CCc2nc3ccnn3c(N3CC(Cc4ccccn4)C3)c2CC1.CSC(=S)OC(c1ccccn1)C1CN(C(=O)OC(C)(C)C)C1.c1ccc(CC2CNC2)nc1. The van der Waals surface area contributed by atoms with Crippen LogP contribution in [0.4, 0.5) is 34.6 Å². The van der Waals surface area contributed by atoms with E-state index >= 15 is 0 Å². The lowest BCUT2D eigenvalue weighted by Crippen LogP contribution is -2.54. The first kappa shape index (κ1) is 102. The highest BCUT2D eigenvalue weighted by Crippen LogP contribution is 2.37. The Kier molecular flexibility index (Phi) is 36.8. The van der Waals surface area contributed by atoms with Crippen molar-refractivity contribution in [3.05, 3.63) is 174 Å². The molecule has 8 aliphatic heterocycles. The number of thioether (sulfide) groups is 1. The zero-order valence-electron chi connectivity index (χ0n) is 78.7. The first-order valence-electron chi connectivity index (χ1n) is 44.5. The van der Waals surface area contributed by atoms with Crippen molar-refractivity contribution < 1.29 is 76.9 Å². The second-order valence-corrected chi connectivity index (χ2v) is 40.9. The summed E-state index contributed by atoms with van der Waals surface area (Å²) in [4.78, 5) is 120. The number of thiocarbonyl (C=S) groups is 1. The van der Waals surface area contributed by atoms with Crippen LogP contribution < -0.4 is 10.2 Å². The first-order valence-corrected chi connectivity index (χ1v) is 46.1. The standard InChI is InChI=1S/C24H30N6O2.C16H22N2O3S2.C14H20N2O3.C14H20N2O2.C9H12N2.C9H17NO3.C9H15NO3/c1-24(2,3)32-23(31)28-12-8-19-20(9-13-28)27-21-7-11-26-30(21)22(19)29-15-17(16-29)14-18-6-4-5-10-25-18;1-16(2,3)21-14(19)18-9-11(10-18)13(20-15(22)23-4)12-7-5-6-8-17-12;1-14(2,3)19-13(18)16-8-10(9-16)12(17)11-6-4-5-7-15-11;1-14(2,3)18-13(17)16-9-11(10-16)8-12-6-4-5-7-15-12;1-2-4-11-9(3-1)5-8-6-10-7-8;2*1-9(2,3)13-8(12)10-4-7(5-10)6-11/h4-7,10-11,17H,8-9,12-16H2,1-3H3;5-8,11,13H,9-10H2,1-4H3;4-7,10,12,17H,8-9H2,1-3H3;4-7,11H,8-10H2,1-3H3;1-4,8,10H,5-7H2;7,11H,4-6H2,1-3H3;6-7H,4-5H2,1-3H3. The Morgan fingerprint density at radius 1 is 0.457 bits per heavy atom. The molecule has 2 atom stereocenters. The summed E-state index contributed by atoms with van der Waals surface area (Å²) in [5.74, 6) is 3.46. The monoisotopic (exact) mass is 1820 g/mol. The van der Waals surface area contributed by atoms with Crippen molar-refractivity contribution in [2.24, 2.45) is 41.4 Å². The van der Waals surface area contributed by atoms with Gasteiger partial charge in [0.2, 0.25) is 4.38 Å². The number of rotatable bonds is 14. The minimum absolute atomic E-state index is 0.00696. The summed E-state index contributed by atoms with van der Waals surface area (Å²) in [5.41, 5.74) is 5.28. The average molecular weight is 1820 g/mol. The fourth-order valence-electron chi connectivity index (χ4n) is 14.4. The summed E-state index contributed by atoms with van der Waals surface area (Å²) in [6.07, 6.45) is 15.4. The van der Waals surface area contributed by atoms with Gasteiger partial charge in [0.25, 0.3) is 0 Å². The van der Waals surface area contributed by atoms with Crippen LogP contribution >= 0.6 is 24.0 Å². The second kappa shape index (κ2) is 46.4. The summed E-state index contributed by atoms with van der Waals surface area (Å²) in [7, 11) is 0. The molecule has 0 saturated carbocycles. The number of aliphatic hydroxyl groups is 2. The normalized spacial score (nSPS) is 17.2. The molecule has 32 nitrogen and oxygen atoms in total. The molecule has 6 amide bonds. The van der Waals surface area contributed by atoms with Crippen LogP contribution in [0.3, 0.4) is 0 Å². The summed E-state index contributed by atoms with van der Waals surface area (Å²) in [6, 6.07) is 31.2. The van der Waals surface area contributed by atoms with E-state index in [1.807, 2.05) is 227 Å². The molecule has 15 rings (SSSR count). The zero-order chi connectivity index (χ0) is 94.2. The molecule has 129 heavy (non-hydrogen) atoms. The van der Waals surface area contributed by atoms with Crippen LogP contribution in [0, 0.1) is 41.4 Å². The Balaban J connectivity index is 0.000000175. The van der Waals surface area contributed by atoms with Crippen LogP contribution in [0.5, 0.6) is 0 Å². The lowest BCUT2D eigenvalue weighted by atomic mass is 9.91. The number of ether oxygens (including phenoxy) is 7. The van der Waals surface area contributed by atoms with Crippen LogP contribution in [-0.2, 0) is 70.1 Å². The molecule has 7 fully saturated rings. The molecule has 0 aliphatic carbocycles. The number of aliphatic hydroxyl groups excluding tert-OH is 2. The summed E-state index contributed by atoms with van der Waals surface area (Å²) >= 11 is 6.57. The van der Waals surface area contributed by atoms with E-state index in [0.29, 0.717) is 93.8 Å². The van der Waals surface area contributed by atoms with Gasteiger partial charge in [-0.3, -0.25) is 24.9 Å². The molecule has 15 heterocycles. The molecule has 704 valence electrons. The lowest BCUT2D eigenvalue weighted by molar-refractivity contribution is -0.115. The van der Waals surface area contributed by atoms with E-state index in [-0.39, 0.29) is 72.9 Å². The van der Waals surface area contributed by atoms with Gasteiger partial charge in [-0.05, 0) is 260 Å². The number of nitrogens with zero attached hydrogens (tertiary/aromatic N) is 15. The van der Waals surface area contributed by atoms with Crippen LogP contribution in [0.2, 0.25) is 0 Å². The third kappa shape index (κ3) is 33.8. The summed E-state index contributed by atoms with van der Waals surface area (Å²) in [6.45, 7) is 45.0. The van der Waals surface area contributed by atoms with Crippen molar-refractivity contribution in [2.45, 2.75) is 203 Å². The molecule has 0 bridgehead atoms. The van der Waals surface area contributed by atoms with Crippen LogP contribution in [0.15, 0.2) is 134 Å². The van der Waals surface area contributed by atoms with Gasteiger partial charge in [-0.15, -0.1) is 0 Å². The minimum Gasteiger partial charge on any atom is -0.468 e. The van der Waals surface area contributed by atoms with Gasteiger partial charge in [0, 0.05) is 182 Å². The number of amides is 6. The molecule has 0 radical (unpaired) electrons. The van der Waals surface area contributed by atoms with Gasteiger partial charge < -0.3 is 87.8 Å². The van der Waals surface area contributed by atoms with E-state index < -0.39 is 39.7 Å². The van der Waals surface area contributed by atoms with Crippen molar-refractivity contribution in [3.63, 3.8) is 0 Å². The van der Waals surface area contributed by atoms with Crippen molar-refractivity contribution in [3.8, 4) is 0 Å². The van der Waals surface area contributed by atoms with Crippen molar-refractivity contribution in [1.82, 2.24) is 74.2 Å². The third-order valence-electron chi connectivity index (χ3n) is 21.0. The number of hydrogen-bond acceptors (Lipinski definition) is 27. The van der Waals surface area contributed by atoms with E-state index in [4.69, 9.17) is 55.5 Å². The number of likely N-dealkylation sites (tertiary alicyclic amines) is 5. The van der Waals surface area contributed by atoms with Crippen molar-refractivity contribution in [2.75, 3.05) is 122 Å². The molecule has 3 N–H and O–H groups in total. The molecule has 7 saturated heterocycles. The highest BCUT2D eigenvalue weighted by Gasteiger charge is 2.44. The fourth-order valence-corrected chi connectivity index (χ4v) is 14.7. The number of pyridine rings is 5. The Hall–Kier alpha value is -10.4. The van der Waals surface area contributed by atoms with E-state index in [0.717, 1.165) is 111 Å². The first-order chi connectivity index (χ1) is 60.8. The number of hydrogen-bond donors (Lipinski definition) is 3. The number of carbonyl (C=O) groups is 7. The predicted molar refractivity (Wildman–Crippen MR) is 497 cm³/mol. The van der Waals surface area contributed by atoms with E-state index in [9.17, 15) is 38.7 Å². The van der Waals surface area contributed by atoms with Gasteiger partial charge in [-0.1, -0.05) is 42.1 Å². The maximum atomic E-state index is 12.7. The fraction of sp³-hybridized carbons (Fsp3) is 0.589. The minimum atomic E-state index is -0.625. The van der Waals surface area contributed by atoms with E-state index in [2.05, 4.69) is 58.4 Å². The lowest BCUT2D eigenvalue weighted by Gasteiger charge is -2.42. The number of aromatic nitrogens is 8. The van der Waals surface area contributed by atoms with Crippen molar-refractivity contribution in [1.29, 1.82) is 0 Å². The van der Waals surface area contributed by atoms with Gasteiger partial charge in [0.05, 0.1) is 29.2 Å². The Bertz CT molecular complexity index is 4700. The molecule has 7 aromatic rings. The quantitative estimate of drug-likeness (QED) is 0.0517. The molecule has 34 heteroatoms. The summed E-state index contributed by atoms with van der Waals surface area (Å²) < 4.78 is 40.1. The van der Waals surface area contributed by atoms with Gasteiger partial charge in [0.1, 0.15) is 57.9 Å². The average Bonchev–Trinajstić information content (AvgIpc) is 1.73. The summed E-state index contributed by atoms with van der Waals surface area (Å²) in [5, 5.41) is 26.7. The third-order valence-corrected chi connectivity index (χ3v) is 22.0. The van der Waals surface area contributed by atoms with Crippen LogP contribution in [-0.4, -0.2) is 278 Å². The molecule has 2 unspecified atom stereocenters. The number of fused-ring (bicyclic) bond motifs is 2. The zero-order valence-corrected chi connectivity index (χ0v) is 80.3.